The fraction of sp³-hybridized carbons (Fsp3) is 0.615. The van der Waals surface area contributed by atoms with E-state index < -0.39 is 10.8 Å². The van der Waals surface area contributed by atoms with Gasteiger partial charge in [-0.1, -0.05) is 0 Å². The number of aromatic nitrogens is 1. The van der Waals surface area contributed by atoms with Crippen LogP contribution in [0.15, 0.2) is 23.4 Å². The van der Waals surface area contributed by atoms with E-state index in [0.29, 0.717) is 5.41 Å². The zero-order valence-electron chi connectivity index (χ0n) is 10.1. The lowest BCUT2D eigenvalue weighted by Gasteiger charge is -2.54. The first-order valence-electron chi connectivity index (χ1n) is 6.15. The van der Waals surface area contributed by atoms with Gasteiger partial charge in [-0.05, 0) is 42.2 Å². The molecule has 0 aromatic carbocycles. The second-order valence-electron chi connectivity index (χ2n) is 5.56. The summed E-state index contributed by atoms with van der Waals surface area (Å²) in [6, 6.07) is 2.05. The van der Waals surface area contributed by atoms with Crippen molar-refractivity contribution in [2.24, 2.45) is 11.3 Å². The molecule has 3 rings (SSSR count). The van der Waals surface area contributed by atoms with Crippen LogP contribution in [0.1, 0.15) is 18.4 Å². The predicted molar refractivity (Wildman–Crippen MR) is 68.3 cm³/mol. The van der Waals surface area contributed by atoms with Crippen molar-refractivity contribution in [2.45, 2.75) is 24.2 Å². The maximum atomic E-state index is 11.4. The number of hydrogen-bond donors (Lipinski definition) is 1. The van der Waals surface area contributed by atoms with E-state index in [1.807, 2.05) is 12.3 Å². The molecule has 0 amide bonds. The van der Waals surface area contributed by atoms with Crippen LogP contribution in [-0.2, 0) is 17.2 Å². The summed E-state index contributed by atoms with van der Waals surface area (Å²) in [6.45, 7) is 2.42. The fourth-order valence-corrected chi connectivity index (χ4v) is 3.67. The van der Waals surface area contributed by atoms with E-state index in [0.717, 1.165) is 17.2 Å². The van der Waals surface area contributed by atoms with E-state index in [4.69, 9.17) is 0 Å². The van der Waals surface area contributed by atoms with E-state index in [1.54, 1.807) is 12.5 Å². The summed E-state index contributed by atoms with van der Waals surface area (Å²) < 4.78 is 11.4. The van der Waals surface area contributed by atoms with Crippen LogP contribution >= 0.6 is 0 Å². The van der Waals surface area contributed by atoms with Gasteiger partial charge in [0.2, 0.25) is 0 Å². The summed E-state index contributed by atoms with van der Waals surface area (Å²) in [5, 5.41) is 3.36. The minimum absolute atomic E-state index is 0.642. The SMILES string of the molecule is CS(=O)c1cncc(CC2CC3(CNC3)C2)c1. The van der Waals surface area contributed by atoms with Gasteiger partial charge in [-0.3, -0.25) is 9.19 Å². The van der Waals surface area contributed by atoms with Crippen LogP contribution in [0, 0.1) is 11.3 Å². The van der Waals surface area contributed by atoms with Crippen molar-refractivity contribution in [1.82, 2.24) is 10.3 Å². The van der Waals surface area contributed by atoms with E-state index in [1.165, 1.54) is 31.5 Å². The molecule has 1 atom stereocenters. The topological polar surface area (TPSA) is 42.0 Å². The minimum Gasteiger partial charge on any atom is -0.316 e. The third-order valence-corrected chi connectivity index (χ3v) is 4.96. The molecule has 1 aliphatic carbocycles. The van der Waals surface area contributed by atoms with Crippen molar-refractivity contribution in [2.75, 3.05) is 19.3 Å². The highest BCUT2D eigenvalue weighted by molar-refractivity contribution is 7.84. The highest BCUT2D eigenvalue weighted by atomic mass is 32.2. The molecule has 2 heterocycles. The zero-order valence-corrected chi connectivity index (χ0v) is 10.9. The Labute approximate surface area is 104 Å². The first-order chi connectivity index (χ1) is 8.17. The molecule has 1 spiro atoms. The lowest BCUT2D eigenvalue weighted by atomic mass is 9.57. The Morgan fingerprint density at radius 1 is 1.47 bits per heavy atom. The Balaban J connectivity index is 1.62. The molecule has 17 heavy (non-hydrogen) atoms. The average molecular weight is 250 g/mol. The van der Waals surface area contributed by atoms with Crippen LogP contribution in [0.25, 0.3) is 0 Å². The number of nitrogens with one attached hydrogen (secondary N) is 1. The average Bonchev–Trinajstić information content (AvgIpc) is 2.20. The first kappa shape index (κ1) is 11.4. The monoisotopic (exact) mass is 250 g/mol. The van der Waals surface area contributed by atoms with E-state index >= 15 is 0 Å². The molecule has 1 saturated heterocycles. The Hall–Kier alpha value is -0.740. The van der Waals surface area contributed by atoms with Gasteiger partial charge >= 0.3 is 0 Å². The molecule has 1 saturated carbocycles. The molecule has 0 bridgehead atoms. The second kappa shape index (κ2) is 4.18. The van der Waals surface area contributed by atoms with Gasteiger partial charge in [0, 0.05) is 31.7 Å². The van der Waals surface area contributed by atoms with Crippen LogP contribution in [0.3, 0.4) is 0 Å². The Bertz CT molecular complexity index is 448. The van der Waals surface area contributed by atoms with Crippen molar-refractivity contribution >= 4 is 10.8 Å². The van der Waals surface area contributed by atoms with Crippen molar-refractivity contribution in [3.8, 4) is 0 Å². The van der Waals surface area contributed by atoms with Crippen LogP contribution in [0.4, 0.5) is 0 Å². The first-order valence-corrected chi connectivity index (χ1v) is 7.71. The summed E-state index contributed by atoms with van der Waals surface area (Å²) in [5.74, 6) is 0.805. The minimum atomic E-state index is -0.916. The maximum absolute atomic E-state index is 11.4. The van der Waals surface area contributed by atoms with E-state index in [-0.39, 0.29) is 0 Å². The van der Waals surface area contributed by atoms with Crippen LogP contribution in [0.5, 0.6) is 0 Å². The third-order valence-electron chi connectivity index (χ3n) is 4.07. The molecule has 1 N–H and O–H groups in total. The highest BCUT2D eigenvalue weighted by Crippen LogP contribution is 2.49. The number of nitrogens with zero attached hydrogens (tertiary/aromatic N) is 1. The van der Waals surface area contributed by atoms with Crippen LogP contribution in [-0.4, -0.2) is 28.5 Å². The molecule has 4 heteroatoms. The number of rotatable bonds is 3. The third kappa shape index (κ3) is 2.16. The summed E-state index contributed by atoms with van der Waals surface area (Å²) in [6.07, 6.45) is 9.12. The summed E-state index contributed by atoms with van der Waals surface area (Å²) in [5.41, 5.74) is 1.88. The quantitative estimate of drug-likeness (QED) is 0.881. The molecular weight excluding hydrogens is 232 g/mol. The van der Waals surface area contributed by atoms with Crippen molar-refractivity contribution in [3.05, 3.63) is 24.0 Å². The summed E-state index contributed by atoms with van der Waals surface area (Å²) >= 11 is 0. The van der Waals surface area contributed by atoms with Crippen LogP contribution < -0.4 is 5.32 Å². The number of hydrogen-bond acceptors (Lipinski definition) is 3. The lowest BCUT2D eigenvalue weighted by Crippen LogP contribution is -2.60. The molecule has 1 aliphatic heterocycles. The highest BCUT2D eigenvalue weighted by Gasteiger charge is 2.47. The normalized spacial score (nSPS) is 24.1. The second-order valence-corrected chi connectivity index (χ2v) is 6.94. The van der Waals surface area contributed by atoms with Gasteiger partial charge < -0.3 is 5.32 Å². The largest absolute Gasteiger partial charge is 0.316 e. The van der Waals surface area contributed by atoms with Gasteiger partial charge in [-0.2, -0.15) is 0 Å². The molecule has 1 aromatic heterocycles. The molecule has 1 aromatic rings. The Morgan fingerprint density at radius 3 is 2.82 bits per heavy atom. The summed E-state index contributed by atoms with van der Waals surface area (Å²) in [7, 11) is -0.916. The van der Waals surface area contributed by atoms with E-state index in [9.17, 15) is 4.21 Å². The van der Waals surface area contributed by atoms with Gasteiger partial charge in [-0.25, -0.2) is 0 Å². The molecule has 1 unspecified atom stereocenters. The van der Waals surface area contributed by atoms with Crippen LogP contribution in [0.2, 0.25) is 0 Å². The summed E-state index contributed by atoms with van der Waals surface area (Å²) in [4.78, 5) is 5.03. The predicted octanol–water partition coefficient (Wildman–Crippen LogP) is 1.36. The number of pyridine rings is 1. The fourth-order valence-electron chi connectivity index (χ4n) is 3.14. The van der Waals surface area contributed by atoms with Gasteiger partial charge in [0.15, 0.2) is 0 Å². The van der Waals surface area contributed by atoms with E-state index in [2.05, 4.69) is 10.3 Å². The molecule has 0 radical (unpaired) electrons. The van der Waals surface area contributed by atoms with Gasteiger partial charge in [0.1, 0.15) is 0 Å². The van der Waals surface area contributed by atoms with Crippen molar-refractivity contribution < 1.29 is 4.21 Å². The smallest absolute Gasteiger partial charge is 0.0571 e. The van der Waals surface area contributed by atoms with Gasteiger partial charge in [-0.15, -0.1) is 0 Å². The Morgan fingerprint density at radius 2 is 2.24 bits per heavy atom. The van der Waals surface area contributed by atoms with Crippen molar-refractivity contribution in [1.29, 1.82) is 0 Å². The molecule has 92 valence electrons. The Kier molecular flexibility index (Phi) is 2.79. The molecule has 2 aliphatic rings. The van der Waals surface area contributed by atoms with Gasteiger partial charge in [0.25, 0.3) is 0 Å². The van der Waals surface area contributed by atoms with Gasteiger partial charge in [0.05, 0.1) is 15.7 Å². The maximum Gasteiger partial charge on any atom is 0.0571 e. The molecule has 3 nitrogen and oxygen atoms in total. The standard InChI is InChI=1S/C13H18N2OS/c1-17(16)12-3-10(6-14-7-12)2-11-4-13(5-11)8-15-9-13/h3,6-7,11,15H,2,4-5,8-9H2,1H3. The zero-order chi connectivity index (χ0) is 11.9. The molecular formula is C13H18N2OS. The molecule has 2 fully saturated rings. The van der Waals surface area contributed by atoms with Crippen molar-refractivity contribution in [3.63, 3.8) is 0 Å². The lowest BCUT2D eigenvalue weighted by molar-refractivity contribution is 0.000840.